The average molecular weight is 352 g/mol. The Balaban J connectivity index is 1.75. The molecule has 2 rings (SSSR count). The summed E-state index contributed by atoms with van der Waals surface area (Å²) in [4.78, 5) is 26.1. The van der Waals surface area contributed by atoms with Crippen LogP contribution in [0, 0.1) is 5.92 Å². The smallest absolute Gasteiger partial charge is 0.317 e. The van der Waals surface area contributed by atoms with Gasteiger partial charge in [0.05, 0.1) is 0 Å². The molecule has 1 aromatic rings. The summed E-state index contributed by atoms with van der Waals surface area (Å²) >= 11 is 5.91. The Morgan fingerprint density at radius 2 is 1.92 bits per heavy atom. The number of piperidine rings is 1. The maximum Gasteiger partial charge on any atom is 0.317 e. The summed E-state index contributed by atoms with van der Waals surface area (Å²) in [5.41, 5.74) is 0.350. The summed E-state index contributed by atoms with van der Waals surface area (Å²) in [6, 6.07) is 6.92. The minimum Gasteiger partial charge on any atom is -0.352 e. The van der Waals surface area contributed by atoms with Crippen LogP contribution >= 0.6 is 11.6 Å². The molecule has 1 aliphatic rings. The molecule has 1 fully saturated rings. The quantitative estimate of drug-likeness (QED) is 0.877. The van der Waals surface area contributed by atoms with E-state index in [4.69, 9.17) is 11.6 Å². The molecule has 0 aliphatic carbocycles. The molecule has 1 saturated heterocycles. The summed E-state index contributed by atoms with van der Waals surface area (Å²) in [6.45, 7) is 7.99. The average Bonchev–Trinajstić information content (AvgIpc) is 2.51. The Bertz CT molecular complexity index is 590. The van der Waals surface area contributed by atoms with Crippen LogP contribution in [-0.4, -0.2) is 42.0 Å². The number of carbonyl (C=O) groups is 2. The maximum atomic E-state index is 12.1. The lowest BCUT2D eigenvalue weighted by Gasteiger charge is -2.34. The third kappa shape index (κ3) is 5.71. The van der Waals surface area contributed by atoms with Gasteiger partial charge in [0.1, 0.15) is 0 Å². The van der Waals surface area contributed by atoms with Gasteiger partial charge in [0.25, 0.3) is 5.91 Å². The molecule has 0 atom stereocenters. The first-order valence-electron chi connectivity index (χ1n) is 8.35. The fraction of sp³-hybridized carbons (Fsp3) is 0.556. The van der Waals surface area contributed by atoms with E-state index in [1.807, 2.05) is 25.7 Å². The lowest BCUT2D eigenvalue weighted by Crippen LogP contribution is -2.51. The van der Waals surface area contributed by atoms with Gasteiger partial charge in [-0.15, -0.1) is 0 Å². The first kappa shape index (κ1) is 18.6. The molecule has 1 aliphatic heterocycles. The lowest BCUT2D eigenvalue weighted by atomic mass is 9.96. The van der Waals surface area contributed by atoms with Gasteiger partial charge in [-0.05, 0) is 57.7 Å². The molecule has 0 spiro atoms. The van der Waals surface area contributed by atoms with E-state index in [-0.39, 0.29) is 17.5 Å². The number of carbonyl (C=O) groups excluding carboxylic acids is 2. The number of nitrogens with zero attached hydrogens (tertiary/aromatic N) is 1. The number of rotatable bonds is 3. The van der Waals surface area contributed by atoms with E-state index in [1.54, 1.807) is 24.3 Å². The molecule has 0 radical (unpaired) electrons. The number of hydrogen-bond acceptors (Lipinski definition) is 2. The normalized spacial score (nSPS) is 15.9. The second-order valence-electron chi connectivity index (χ2n) is 7.33. The molecular formula is C18H26ClN3O2. The number of urea groups is 1. The standard InChI is InChI=1S/C18H26ClN3O2/c1-18(2,3)21-17(24)22-9-7-13(8-10-22)12-20-16(23)14-5-4-6-15(19)11-14/h4-6,11,13H,7-10,12H2,1-3H3,(H,20,23)(H,21,24). The van der Waals surface area contributed by atoms with Crippen molar-refractivity contribution >= 4 is 23.5 Å². The fourth-order valence-electron chi connectivity index (χ4n) is 2.71. The summed E-state index contributed by atoms with van der Waals surface area (Å²) in [6.07, 6.45) is 1.79. The van der Waals surface area contributed by atoms with Crippen molar-refractivity contribution in [1.29, 1.82) is 0 Å². The van der Waals surface area contributed by atoms with Gasteiger partial charge in [-0.2, -0.15) is 0 Å². The Morgan fingerprint density at radius 3 is 2.50 bits per heavy atom. The molecule has 0 saturated carbocycles. The van der Waals surface area contributed by atoms with Crippen molar-refractivity contribution in [3.05, 3.63) is 34.9 Å². The zero-order chi connectivity index (χ0) is 17.7. The van der Waals surface area contributed by atoms with E-state index in [0.29, 0.717) is 23.0 Å². The molecule has 24 heavy (non-hydrogen) atoms. The Kier molecular flexibility index (Phi) is 6.10. The number of amides is 3. The van der Waals surface area contributed by atoms with Gasteiger partial charge in [0, 0.05) is 35.8 Å². The first-order chi connectivity index (χ1) is 11.2. The second kappa shape index (κ2) is 7.88. The highest BCUT2D eigenvalue weighted by molar-refractivity contribution is 6.30. The number of nitrogens with one attached hydrogen (secondary N) is 2. The molecule has 2 N–H and O–H groups in total. The van der Waals surface area contributed by atoms with Crippen LogP contribution < -0.4 is 10.6 Å². The first-order valence-corrected chi connectivity index (χ1v) is 8.73. The highest BCUT2D eigenvalue weighted by atomic mass is 35.5. The van der Waals surface area contributed by atoms with Gasteiger partial charge in [-0.3, -0.25) is 4.79 Å². The van der Waals surface area contributed by atoms with Crippen LogP contribution in [0.1, 0.15) is 44.0 Å². The van der Waals surface area contributed by atoms with Crippen molar-refractivity contribution in [3.8, 4) is 0 Å². The van der Waals surface area contributed by atoms with E-state index < -0.39 is 0 Å². The van der Waals surface area contributed by atoms with E-state index in [2.05, 4.69) is 10.6 Å². The van der Waals surface area contributed by atoms with Crippen LogP contribution in [0.4, 0.5) is 4.79 Å². The van der Waals surface area contributed by atoms with Crippen LogP contribution in [0.5, 0.6) is 0 Å². The molecule has 0 bridgehead atoms. The number of hydrogen-bond donors (Lipinski definition) is 2. The van der Waals surface area contributed by atoms with Crippen LogP contribution in [0.25, 0.3) is 0 Å². The maximum absolute atomic E-state index is 12.1. The lowest BCUT2D eigenvalue weighted by molar-refractivity contribution is 0.0937. The largest absolute Gasteiger partial charge is 0.352 e. The van der Waals surface area contributed by atoms with Crippen molar-refractivity contribution in [2.24, 2.45) is 5.92 Å². The van der Waals surface area contributed by atoms with E-state index in [1.165, 1.54) is 0 Å². The van der Waals surface area contributed by atoms with Gasteiger partial charge in [-0.1, -0.05) is 17.7 Å². The van der Waals surface area contributed by atoms with E-state index in [0.717, 1.165) is 25.9 Å². The number of benzene rings is 1. The molecule has 132 valence electrons. The van der Waals surface area contributed by atoms with Crippen molar-refractivity contribution < 1.29 is 9.59 Å². The van der Waals surface area contributed by atoms with Crippen molar-refractivity contribution in [1.82, 2.24) is 15.5 Å². The van der Waals surface area contributed by atoms with Crippen molar-refractivity contribution in [2.45, 2.75) is 39.2 Å². The third-order valence-corrected chi connectivity index (χ3v) is 4.26. The topological polar surface area (TPSA) is 61.4 Å². The predicted molar refractivity (Wildman–Crippen MR) is 96.4 cm³/mol. The van der Waals surface area contributed by atoms with Crippen molar-refractivity contribution in [3.63, 3.8) is 0 Å². The summed E-state index contributed by atoms with van der Waals surface area (Å²) in [5.74, 6) is 0.289. The van der Waals surface area contributed by atoms with Gasteiger partial charge < -0.3 is 15.5 Å². The fourth-order valence-corrected chi connectivity index (χ4v) is 2.90. The van der Waals surface area contributed by atoms with Gasteiger partial charge in [0.15, 0.2) is 0 Å². The molecule has 0 unspecified atom stereocenters. The Morgan fingerprint density at radius 1 is 1.25 bits per heavy atom. The van der Waals surface area contributed by atoms with E-state index >= 15 is 0 Å². The monoisotopic (exact) mass is 351 g/mol. The summed E-state index contributed by atoms with van der Waals surface area (Å²) in [5, 5.41) is 6.50. The Hall–Kier alpha value is -1.75. The van der Waals surface area contributed by atoms with Gasteiger partial charge in [-0.25, -0.2) is 4.79 Å². The molecular weight excluding hydrogens is 326 g/mol. The molecule has 3 amide bonds. The third-order valence-electron chi connectivity index (χ3n) is 4.02. The van der Waals surface area contributed by atoms with Crippen molar-refractivity contribution in [2.75, 3.05) is 19.6 Å². The SMILES string of the molecule is CC(C)(C)NC(=O)N1CCC(CNC(=O)c2cccc(Cl)c2)CC1. The van der Waals surface area contributed by atoms with E-state index in [9.17, 15) is 9.59 Å². The van der Waals surface area contributed by atoms with Crippen LogP contribution in [0.3, 0.4) is 0 Å². The molecule has 1 heterocycles. The van der Waals surface area contributed by atoms with Crippen LogP contribution in [0.2, 0.25) is 5.02 Å². The number of likely N-dealkylation sites (tertiary alicyclic amines) is 1. The molecule has 6 heteroatoms. The zero-order valence-electron chi connectivity index (χ0n) is 14.6. The molecule has 1 aromatic carbocycles. The second-order valence-corrected chi connectivity index (χ2v) is 7.77. The minimum atomic E-state index is -0.223. The number of halogens is 1. The molecule has 5 nitrogen and oxygen atoms in total. The van der Waals surface area contributed by atoms with Gasteiger partial charge in [0.2, 0.25) is 0 Å². The van der Waals surface area contributed by atoms with Gasteiger partial charge >= 0.3 is 6.03 Å². The van der Waals surface area contributed by atoms with Crippen LogP contribution in [-0.2, 0) is 0 Å². The zero-order valence-corrected chi connectivity index (χ0v) is 15.3. The Labute approximate surface area is 148 Å². The minimum absolute atomic E-state index is 0.0103. The summed E-state index contributed by atoms with van der Waals surface area (Å²) in [7, 11) is 0. The highest BCUT2D eigenvalue weighted by Crippen LogP contribution is 2.17. The molecule has 0 aromatic heterocycles. The van der Waals surface area contributed by atoms with Crippen LogP contribution in [0.15, 0.2) is 24.3 Å². The predicted octanol–water partition coefficient (Wildman–Crippen LogP) is 3.29. The summed E-state index contributed by atoms with van der Waals surface area (Å²) < 4.78 is 0. The highest BCUT2D eigenvalue weighted by Gasteiger charge is 2.25.